The molecule has 0 amide bonds. The molecule has 0 aliphatic carbocycles. The first-order valence-electron chi connectivity index (χ1n) is 4.29. The minimum Gasteiger partial charge on any atom is -0.503 e. The lowest BCUT2D eigenvalue weighted by Crippen LogP contribution is -2.05. The first kappa shape index (κ1) is 9.57. The minimum atomic E-state index is 0.0327. The maximum absolute atomic E-state index is 9.29. The Morgan fingerprint density at radius 3 is 3.08 bits per heavy atom. The fraction of sp³-hybridized carbons (Fsp3) is 0.500. The van der Waals surface area contributed by atoms with Crippen LogP contribution in [0.15, 0.2) is 6.20 Å². The maximum atomic E-state index is 9.29. The van der Waals surface area contributed by atoms with Crippen LogP contribution in [0.1, 0.15) is 19.8 Å². The zero-order valence-corrected chi connectivity index (χ0v) is 7.62. The summed E-state index contributed by atoms with van der Waals surface area (Å²) in [6, 6.07) is 0. The van der Waals surface area contributed by atoms with Crippen LogP contribution in [0.4, 0.5) is 11.8 Å². The Labute approximate surface area is 77.0 Å². The molecule has 72 valence electrons. The largest absolute Gasteiger partial charge is 0.503 e. The Kier molecular flexibility index (Phi) is 3.31. The van der Waals surface area contributed by atoms with Gasteiger partial charge in [0.1, 0.15) is 0 Å². The van der Waals surface area contributed by atoms with Crippen molar-refractivity contribution >= 4 is 11.8 Å². The molecule has 5 nitrogen and oxygen atoms in total. The molecule has 0 atom stereocenters. The molecule has 0 saturated heterocycles. The van der Waals surface area contributed by atoms with Crippen molar-refractivity contribution in [3.8, 4) is 5.75 Å². The van der Waals surface area contributed by atoms with Crippen LogP contribution in [0.3, 0.4) is 0 Å². The lowest BCUT2D eigenvalue weighted by Gasteiger charge is -2.05. The van der Waals surface area contributed by atoms with E-state index in [2.05, 4.69) is 22.2 Å². The second-order valence-corrected chi connectivity index (χ2v) is 2.74. The van der Waals surface area contributed by atoms with Crippen LogP contribution in [0, 0.1) is 0 Å². The van der Waals surface area contributed by atoms with E-state index in [9.17, 15) is 5.11 Å². The number of rotatable bonds is 4. The standard InChI is InChI=1S/C8H14N4O/c1-2-3-4-10-7-6(13)5-11-8(9)12-7/h5,13H,2-4H2,1H3,(H3,9,10,11,12). The van der Waals surface area contributed by atoms with E-state index in [1.807, 2.05) is 0 Å². The average Bonchev–Trinajstić information content (AvgIpc) is 2.11. The highest BCUT2D eigenvalue weighted by Crippen LogP contribution is 2.18. The summed E-state index contributed by atoms with van der Waals surface area (Å²) >= 11 is 0. The monoisotopic (exact) mass is 182 g/mol. The molecule has 0 unspecified atom stereocenters. The average molecular weight is 182 g/mol. The first-order valence-corrected chi connectivity index (χ1v) is 4.29. The van der Waals surface area contributed by atoms with Crippen molar-refractivity contribution in [3.05, 3.63) is 6.20 Å². The van der Waals surface area contributed by atoms with Gasteiger partial charge in [-0.1, -0.05) is 13.3 Å². The molecule has 0 saturated carbocycles. The lowest BCUT2D eigenvalue weighted by molar-refractivity contribution is 0.472. The van der Waals surface area contributed by atoms with Crippen LogP contribution in [0.2, 0.25) is 0 Å². The summed E-state index contributed by atoms with van der Waals surface area (Å²) in [5, 5.41) is 12.3. The highest BCUT2D eigenvalue weighted by atomic mass is 16.3. The van der Waals surface area contributed by atoms with Crippen LogP contribution >= 0.6 is 0 Å². The van der Waals surface area contributed by atoms with Crippen molar-refractivity contribution in [1.82, 2.24) is 9.97 Å². The van der Waals surface area contributed by atoms with Gasteiger partial charge >= 0.3 is 0 Å². The number of aromatic hydroxyl groups is 1. The van der Waals surface area contributed by atoms with Crippen molar-refractivity contribution in [3.63, 3.8) is 0 Å². The Balaban J connectivity index is 2.59. The van der Waals surface area contributed by atoms with Crippen molar-refractivity contribution in [2.24, 2.45) is 0 Å². The van der Waals surface area contributed by atoms with Crippen molar-refractivity contribution in [2.45, 2.75) is 19.8 Å². The number of unbranched alkanes of at least 4 members (excludes halogenated alkanes) is 1. The second kappa shape index (κ2) is 4.49. The smallest absolute Gasteiger partial charge is 0.222 e. The minimum absolute atomic E-state index is 0.0327. The van der Waals surface area contributed by atoms with Crippen molar-refractivity contribution in [1.29, 1.82) is 0 Å². The van der Waals surface area contributed by atoms with Gasteiger partial charge in [0.25, 0.3) is 0 Å². The number of hydrogen-bond acceptors (Lipinski definition) is 5. The predicted molar refractivity (Wildman–Crippen MR) is 51.5 cm³/mol. The summed E-state index contributed by atoms with van der Waals surface area (Å²) in [6.07, 6.45) is 3.41. The van der Waals surface area contributed by atoms with Crippen LogP contribution < -0.4 is 11.1 Å². The Hall–Kier alpha value is -1.52. The quantitative estimate of drug-likeness (QED) is 0.604. The SMILES string of the molecule is CCCCNc1nc(N)ncc1O. The summed E-state index contributed by atoms with van der Waals surface area (Å²) in [4.78, 5) is 7.49. The van der Waals surface area contributed by atoms with Gasteiger partial charge in [-0.2, -0.15) is 4.98 Å². The molecule has 4 N–H and O–H groups in total. The highest BCUT2D eigenvalue weighted by molar-refractivity contribution is 5.49. The molecule has 1 rings (SSSR count). The summed E-state index contributed by atoms with van der Waals surface area (Å²) in [5.74, 6) is 0.600. The van der Waals surface area contributed by atoms with Gasteiger partial charge < -0.3 is 16.2 Å². The zero-order valence-electron chi connectivity index (χ0n) is 7.62. The molecular weight excluding hydrogens is 168 g/mol. The number of nitrogens with two attached hydrogens (primary N) is 1. The lowest BCUT2D eigenvalue weighted by atomic mass is 10.3. The molecule has 1 aromatic rings. The molecule has 5 heteroatoms. The third kappa shape index (κ3) is 2.77. The van der Waals surface area contributed by atoms with Crippen LogP contribution in [-0.2, 0) is 0 Å². The van der Waals surface area contributed by atoms with Gasteiger partial charge in [0.15, 0.2) is 11.6 Å². The van der Waals surface area contributed by atoms with Crippen LogP contribution in [0.5, 0.6) is 5.75 Å². The van der Waals surface area contributed by atoms with Crippen molar-refractivity contribution in [2.75, 3.05) is 17.6 Å². The van der Waals surface area contributed by atoms with E-state index in [1.165, 1.54) is 6.20 Å². The van der Waals surface area contributed by atoms with E-state index in [0.717, 1.165) is 19.4 Å². The van der Waals surface area contributed by atoms with Gasteiger partial charge in [0, 0.05) is 6.54 Å². The van der Waals surface area contributed by atoms with E-state index in [1.54, 1.807) is 0 Å². The predicted octanol–water partition coefficient (Wildman–Crippen LogP) is 0.976. The van der Waals surface area contributed by atoms with E-state index in [-0.39, 0.29) is 11.7 Å². The fourth-order valence-electron chi connectivity index (χ4n) is 0.903. The van der Waals surface area contributed by atoms with E-state index < -0.39 is 0 Å². The zero-order chi connectivity index (χ0) is 9.68. The first-order chi connectivity index (χ1) is 6.24. The number of nitrogens with zero attached hydrogens (tertiary/aromatic N) is 2. The molecule has 0 aliphatic rings. The number of hydrogen-bond donors (Lipinski definition) is 3. The third-order valence-electron chi connectivity index (χ3n) is 1.61. The van der Waals surface area contributed by atoms with Crippen molar-refractivity contribution < 1.29 is 5.11 Å². The molecule has 13 heavy (non-hydrogen) atoms. The molecule has 0 bridgehead atoms. The molecular formula is C8H14N4O. The summed E-state index contributed by atoms with van der Waals surface area (Å²) in [5.41, 5.74) is 5.36. The Morgan fingerprint density at radius 1 is 1.62 bits per heavy atom. The van der Waals surface area contributed by atoms with E-state index in [4.69, 9.17) is 5.73 Å². The van der Waals surface area contributed by atoms with E-state index >= 15 is 0 Å². The molecule has 0 aromatic carbocycles. The van der Waals surface area contributed by atoms with Gasteiger partial charge in [0.2, 0.25) is 5.95 Å². The fourth-order valence-corrected chi connectivity index (χ4v) is 0.903. The summed E-state index contributed by atoms with van der Waals surface area (Å²) < 4.78 is 0. The molecule has 1 aromatic heterocycles. The number of anilines is 2. The number of aromatic nitrogens is 2. The third-order valence-corrected chi connectivity index (χ3v) is 1.61. The molecule has 0 aliphatic heterocycles. The summed E-state index contributed by atoms with van der Waals surface area (Å²) in [6.45, 7) is 2.87. The molecule has 1 heterocycles. The second-order valence-electron chi connectivity index (χ2n) is 2.74. The highest BCUT2D eigenvalue weighted by Gasteiger charge is 2.02. The summed E-state index contributed by atoms with van der Waals surface area (Å²) in [7, 11) is 0. The van der Waals surface area contributed by atoms with Gasteiger partial charge in [0.05, 0.1) is 6.20 Å². The number of nitrogen functional groups attached to an aromatic ring is 1. The normalized spacial score (nSPS) is 9.92. The Bertz CT molecular complexity index is 277. The molecule has 0 spiro atoms. The number of nitrogens with one attached hydrogen (secondary N) is 1. The van der Waals surface area contributed by atoms with E-state index in [0.29, 0.717) is 5.82 Å². The van der Waals surface area contributed by atoms with Gasteiger partial charge in [-0.25, -0.2) is 4.98 Å². The van der Waals surface area contributed by atoms with Crippen LogP contribution in [0.25, 0.3) is 0 Å². The van der Waals surface area contributed by atoms with Gasteiger partial charge in [-0.15, -0.1) is 0 Å². The molecule has 0 fully saturated rings. The van der Waals surface area contributed by atoms with Crippen LogP contribution in [-0.4, -0.2) is 21.6 Å². The van der Waals surface area contributed by atoms with Gasteiger partial charge in [-0.3, -0.25) is 0 Å². The van der Waals surface area contributed by atoms with Gasteiger partial charge in [-0.05, 0) is 6.42 Å². The maximum Gasteiger partial charge on any atom is 0.222 e. The topological polar surface area (TPSA) is 84.1 Å². The Morgan fingerprint density at radius 2 is 2.38 bits per heavy atom. The molecule has 0 radical (unpaired) electrons.